The minimum absolute atomic E-state index is 0.103. The SMILES string of the molecule is COc1ccc(Nc2c(-c3cccnc3)c(C)nn2-c2ccccc2C)c(C(=O)O)c1. The van der Waals surface area contributed by atoms with Gasteiger partial charge in [-0.3, -0.25) is 4.98 Å². The normalized spacial score (nSPS) is 10.7. The number of carbonyl (C=O) groups is 1. The van der Waals surface area contributed by atoms with Crippen molar-refractivity contribution in [2.45, 2.75) is 13.8 Å². The van der Waals surface area contributed by atoms with Crippen LogP contribution in [0.25, 0.3) is 16.8 Å². The third kappa shape index (κ3) is 3.85. The van der Waals surface area contributed by atoms with Crippen LogP contribution in [0.3, 0.4) is 0 Å². The molecular weight excluding hydrogens is 392 g/mol. The first-order valence-electron chi connectivity index (χ1n) is 9.74. The Morgan fingerprint density at radius 1 is 1.10 bits per heavy atom. The number of methoxy groups -OCH3 is 1. The Bertz CT molecular complexity index is 1250. The Morgan fingerprint density at radius 2 is 1.90 bits per heavy atom. The third-order valence-electron chi connectivity index (χ3n) is 5.06. The lowest BCUT2D eigenvalue weighted by atomic mass is 10.1. The zero-order valence-corrected chi connectivity index (χ0v) is 17.5. The van der Waals surface area contributed by atoms with Crippen LogP contribution < -0.4 is 10.1 Å². The van der Waals surface area contributed by atoms with E-state index in [9.17, 15) is 9.90 Å². The molecule has 4 rings (SSSR count). The quantitative estimate of drug-likeness (QED) is 0.461. The van der Waals surface area contributed by atoms with E-state index in [0.29, 0.717) is 17.3 Å². The molecule has 0 fully saturated rings. The second-order valence-corrected chi connectivity index (χ2v) is 7.09. The molecule has 0 aliphatic rings. The molecular formula is C24H22N4O3. The van der Waals surface area contributed by atoms with Crippen molar-refractivity contribution in [3.63, 3.8) is 0 Å². The molecule has 2 aromatic heterocycles. The summed E-state index contributed by atoms with van der Waals surface area (Å²) in [6.45, 7) is 3.93. The van der Waals surface area contributed by atoms with Crippen molar-refractivity contribution in [3.05, 3.63) is 83.8 Å². The molecule has 2 aromatic carbocycles. The highest BCUT2D eigenvalue weighted by Gasteiger charge is 2.21. The summed E-state index contributed by atoms with van der Waals surface area (Å²) in [4.78, 5) is 16.2. The maximum atomic E-state index is 11.9. The molecule has 0 saturated carbocycles. The smallest absolute Gasteiger partial charge is 0.337 e. The molecule has 0 saturated heterocycles. The topological polar surface area (TPSA) is 89.3 Å². The van der Waals surface area contributed by atoms with E-state index in [-0.39, 0.29) is 5.56 Å². The molecule has 31 heavy (non-hydrogen) atoms. The maximum Gasteiger partial charge on any atom is 0.337 e. The number of nitrogens with zero attached hydrogens (tertiary/aromatic N) is 3. The molecule has 156 valence electrons. The van der Waals surface area contributed by atoms with Gasteiger partial charge in [-0.05, 0) is 49.7 Å². The van der Waals surface area contributed by atoms with Crippen molar-refractivity contribution in [1.82, 2.24) is 14.8 Å². The number of aromatic carboxylic acids is 1. The molecule has 7 nitrogen and oxygen atoms in total. The van der Waals surface area contributed by atoms with Gasteiger partial charge in [0.2, 0.25) is 0 Å². The number of nitrogens with one attached hydrogen (secondary N) is 1. The monoisotopic (exact) mass is 414 g/mol. The highest BCUT2D eigenvalue weighted by molar-refractivity contribution is 5.96. The van der Waals surface area contributed by atoms with Crippen LogP contribution in [0, 0.1) is 13.8 Å². The van der Waals surface area contributed by atoms with Gasteiger partial charge in [-0.2, -0.15) is 5.10 Å². The van der Waals surface area contributed by atoms with E-state index in [4.69, 9.17) is 9.84 Å². The van der Waals surface area contributed by atoms with Crippen LogP contribution in [0.1, 0.15) is 21.6 Å². The molecule has 2 heterocycles. The predicted molar refractivity (Wildman–Crippen MR) is 120 cm³/mol. The molecule has 7 heteroatoms. The zero-order chi connectivity index (χ0) is 22.0. The number of aryl methyl sites for hydroxylation is 2. The fourth-order valence-corrected chi connectivity index (χ4v) is 3.54. The summed E-state index contributed by atoms with van der Waals surface area (Å²) in [6, 6.07) is 16.6. The predicted octanol–water partition coefficient (Wildman–Crippen LogP) is 5.00. The number of anilines is 2. The van der Waals surface area contributed by atoms with Gasteiger partial charge in [0.05, 0.1) is 29.7 Å². The number of carboxylic acid groups (broad SMARTS) is 1. The molecule has 4 aromatic rings. The van der Waals surface area contributed by atoms with E-state index >= 15 is 0 Å². The molecule has 0 amide bonds. The molecule has 0 spiro atoms. The van der Waals surface area contributed by atoms with Crippen LogP contribution in [0.5, 0.6) is 5.75 Å². The van der Waals surface area contributed by atoms with Gasteiger partial charge >= 0.3 is 5.97 Å². The van der Waals surface area contributed by atoms with Crippen molar-refractivity contribution in [2.75, 3.05) is 12.4 Å². The molecule has 0 unspecified atom stereocenters. The summed E-state index contributed by atoms with van der Waals surface area (Å²) in [7, 11) is 1.51. The molecule has 0 aliphatic heterocycles. The largest absolute Gasteiger partial charge is 0.497 e. The average Bonchev–Trinajstić information content (AvgIpc) is 3.10. The molecule has 0 radical (unpaired) electrons. The molecule has 0 atom stereocenters. The fourth-order valence-electron chi connectivity index (χ4n) is 3.54. The van der Waals surface area contributed by atoms with Crippen LogP contribution in [-0.4, -0.2) is 33.0 Å². The Labute approximate surface area is 180 Å². The zero-order valence-electron chi connectivity index (χ0n) is 17.5. The summed E-state index contributed by atoms with van der Waals surface area (Å²) in [5.41, 5.74) is 5.01. The number of ether oxygens (including phenoxy) is 1. The third-order valence-corrected chi connectivity index (χ3v) is 5.06. The summed E-state index contributed by atoms with van der Waals surface area (Å²) in [6.07, 6.45) is 3.48. The van der Waals surface area contributed by atoms with Crippen molar-refractivity contribution in [1.29, 1.82) is 0 Å². The van der Waals surface area contributed by atoms with E-state index in [1.165, 1.54) is 13.2 Å². The van der Waals surface area contributed by atoms with Gasteiger partial charge in [0.15, 0.2) is 0 Å². The van der Waals surface area contributed by atoms with E-state index in [0.717, 1.165) is 28.1 Å². The number of aromatic nitrogens is 3. The van der Waals surface area contributed by atoms with Crippen molar-refractivity contribution in [2.24, 2.45) is 0 Å². The average molecular weight is 414 g/mol. The van der Waals surface area contributed by atoms with Crippen molar-refractivity contribution in [3.8, 4) is 22.6 Å². The van der Waals surface area contributed by atoms with Gasteiger partial charge in [-0.1, -0.05) is 24.3 Å². The van der Waals surface area contributed by atoms with Crippen LogP contribution in [-0.2, 0) is 0 Å². The Balaban J connectivity index is 1.94. The second kappa shape index (κ2) is 8.31. The van der Waals surface area contributed by atoms with Crippen LogP contribution in [0.15, 0.2) is 67.0 Å². The second-order valence-electron chi connectivity index (χ2n) is 7.09. The van der Waals surface area contributed by atoms with Gasteiger partial charge < -0.3 is 15.2 Å². The summed E-state index contributed by atoms with van der Waals surface area (Å²) < 4.78 is 7.01. The van der Waals surface area contributed by atoms with E-state index in [2.05, 4.69) is 10.3 Å². The Hall–Kier alpha value is -4.13. The number of para-hydroxylation sites is 1. The van der Waals surface area contributed by atoms with Crippen LogP contribution in [0.4, 0.5) is 11.5 Å². The number of hydrogen-bond acceptors (Lipinski definition) is 5. The minimum atomic E-state index is -1.05. The molecule has 0 bridgehead atoms. The van der Waals surface area contributed by atoms with E-state index in [1.54, 1.807) is 24.5 Å². The summed E-state index contributed by atoms with van der Waals surface area (Å²) in [5, 5.41) is 17.9. The lowest BCUT2D eigenvalue weighted by Crippen LogP contribution is -2.08. The number of benzene rings is 2. The van der Waals surface area contributed by atoms with Crippen molar-refractivity contribution < 1.29 is 14.6 Å². The number of carboxylic acids is 1. The highest BCUT2D eigenvalue weighted by Crippen LogP contribution is 2.36. The summed E-state index contributed by atoms with van der Waals surface area (Å²) in [5.74, 6) is 0.0782. The lowest BCUT2D eigenvalue weighted by molar-refractivity contribution is 0.0697. The molecule has 2 N–H and O–H groups in total. The van der Waals surface area contributed by atoms with Gasteiger partial charge in [0.1, 0.15) is 11.6 Å². The van der Waals surface area contributed by atoms with Gasteiger partial charge in [-0.15, -0.1) is 0 Å². The first kappa shape index (κ1) is 20.2. The Kier molecular flexibility index (Phi) is 5.41. The Morgan fingerprint density at radius 3 is 2.58 bits per heavy atom. The van der Waals surface area contributed by atoms with Crippen LogP contribution in [0.2, 0.25) is 0 Å². The fraction of sp³-hybridized carbons (Fsp3) is 0.125. The first-order chi connectivity index (χ1) is 15.0. The standard InChI is InChI=1S/C24H22N4O3/c1-15-7-4-5-9-21(15)28-23(22(16(2)27-28)17-8-6-12-25-14-17)26-20-11-10-18(31-3)13-19(20)24(29)30/h4-14,26H,1-3H3,(H,29,30). The maximum absolute atomic E-state index is 11.9. The highest BCUT2D eigenvalue weighted by atomic mass is 16.5. The number of rotatable bonds is 6. The first-order valence-corrected chi connectivity index (χ1v) is 9.74. The molecule has 0 aliphatic carbocycles. The van der Waals surface area contributed by atoms with Crippen LogP contribution >= 0.6 is 0 Å². The lowest BCUT2D eigenvalue weighted by Gasteiger charge is -2.16. The van der Waals surface area contributed by atoms with Gasteiger partial charge in [0, 0.05) is 23.5 Å². The number of hydrogen-bond donors (Lipinski definition) is 2. The minimum Gasteiger partial charge on any atom is -0.497 e. The van der Waals surface area contributed by atoms with Gasteiger partial charge in [0.25, 0.3) is 0 Å². The van der Waals surface area contributed by atoms with Crippen molar-refractivity contribution >= 4 is 17.5 Å². The van der Waals surface area contributed by atoms with E-state index < -0.39 is 5.97 Å². The van der Waals surface area contributed by atoms with Gasteiger partial charge in [-0.25, -0.2) is 9.48 Å². The summed E-state index contributed by atoms with van der Waals surface area (Å²) >= 11 is 0. The van der Waals surface area contributed by atoms with E-state index in [1.807, 2.05) is 54.9 Å². The number of pyridine rings is 1.